The van der Waals surface area contributed by atoms with E-state index in [1.54, 1.807) is 23.6 Å². The minimum Gasteiger partial charge on any atom is -0.394 e. The second kappa shape index (κ2) is 9.06. The molecule has 3 saturated heterocycles. The van der Waals surface area contributed by atoms with Crippen molar-refractivity contribution in [2.45, 2.75) is 102 Å². The first kappa shape index (κ1) is 26.3. The normalized spacial score (nSPS) is 34.4. The van der Waals surface area contributed by atoms with Gasteiger partial charge in [0.1, 0.15) is 6.04 Å². The van der Waals surface area contributed by atoms with Crippen molar-refractivity contribution in [1.29, 1.82) is 0 Å². The molecule has 0 radical (unpaired) electrons. The summed E-state index contributed by atoms with van der Waals surface area (Å²) in [5.74, 6) is -1.26. The minimum atomic E-state index is -0.703. The van der Waals surface area contributed by atoms with Gasteiger partial charge in [0.25, 0.3) is 0 Å². The van der Waals surface area contributed by atoms with Crippen LogP contribution in [0, 0.1) is 23.2 Å². The molecule has 3 amide bonds. The molecule has 3 aliphatic rings. The van der Waals surface area contributed by atoms with Crippen LogP contribution in [0.4, 0.5) is 0 Å². The average Bonchev–Trinajstić information content (AvgIpc) is 3.26. The van der Waals surface area contributed by atoms with Gasteiger partial charge in [-0.2, -0.15) is 0 Å². The first-order chi connectivity index (χ1) is 15.2. The molecule has 2 bridgehead atoms. The molecule has 3 heterocycles. The van der Waals surface area contributed by atoms with Crippen LogP contribution in [0.2, 0.25) is 0 Å². The molecule has 0 aromatic heterocycles. The van der Waals surface area contributed by atoms with Crippen LogP contribution in [0.25, 0.3) is 0 Å². The van der Waals surface area contributed by atoms with Crippen molar-refractivity contribution in [3.05, 3.63) is 0 Å². The molecule has 3 unspecified atom stereocenters. The van der Waals surface area contributed by atoms with Gasteiger partial charge in [-0.1, -0.05) is 34.6 Å². The number of aliphatic hydroxyl groups is 1. The number of likely N-dealkylation sites (tertiary alicyclic amines) is 1. The lowest BCUT2D eigenvalue weighted by Gasteiger charge is -2.42. The number of carbonyl (C=O) groups is 3. The van der Waals surface area contributed by atoms with Gasteiger partial charge in [0.15, 0.2) is 0 Å². The third-order valence-electron chi connectivity index (χ3n) is 7.46. The third-order valence-corrected chi connectivity index (χ3v) is 9.53. The number of aliphatic hydroxyl groups excluding tert-OH is 1. The molecule has 3 fully saturated rings. The van der Waals surface area contributed by atoms with Gasteiger partial charge in [0, 0.05) is 17.3 Å². The Kier molecular flexibility index (Phi) is 7.23. The fraction of sp³-hybridized carbons (Fsp3) is 0.880. The molecule has 7 atom stereocenters. The van der Waals surface area contributed by atoms with Crippen LogP contribution < -0.4 is 10.6 Å². The Morgan fingerprint density at radius 3 is 2.42 bits per heavy atom. The number of thioether (sulfide) groups is 1. The summed E-state index contributed by atoms with van der Waals surface area (Å²) in [6.45, 7) is 16.7. The van der Waals surface area contributed by atoms with E-state index in [0.717, 1.165) is 19.3 Å². The quantitative estimate of drug-likeness (QED) is 0.495. The molecule has 3 aliphatic heterocycles. The van der Waals surface area contributed by atoms with E-state index in [0.29, 0.717) is 6.54 Å². The number of fused-ring (bicyclic) bond motifs is 1. The lowest BCUT2D eigenvalue weighted by molar-refractivity contribution is -0.142. The van der Waals surface area contributed by atoms with Crippen LogP contribution in [0.3, 0.4) is 0 Å². The van der Waals surface area contributed by atoms with E-state index < -0.39 is 34.2 Å². The van der Waals surface area contributed by atoms with Crippen molar-refractivity contribution in [3.63, 3.8) is 0 Å². The van der Waals surface area contributed by atoms with E-state index in [2.05, 4.69) is 38.3 Å². The molecule has 0 aromatic carbocycles. The summed E-state index contributed by atoms with van der Waals surface area (Å²) < 4.78 is -0.651. The summed E-state index contributed by atoms with van der Waals surface area (Å²) in [6.07, 6.45) is 2.43. The van der Waals surface area contributed by atoms with Crippen LogP contribution in [-0.2, 0) is 14.4 Å². The first-order valence-electron chi connectivity index (χ1n) is 12.4. The molecule has 1 spiro atoms. The van der Waals surface area contributed by atoms with Crippen molar-refractivity contribution in [1.82, 2.24) is 15.5 Å². The summed E-state index contributed by atoms with van der Waals surface area (Å²) in [4.78, 5) is 42.5. The van der Waals surface area contributed by atoms with E-state index >= 15 is 0 Å². The number of hydrogen-bond acceptors (Lipinski definition) is 5. The highest BCUT2D eigenvalue weighted by Gasteiger charge is 2.76. The smallest absolute Gasteiger partial charge is 0.244 e. The molecule has 8 heteroatoms. The highest BCUT2D eigenvalue weighted by molar-refractivity contribution is 8.02. The Balaban J connectivity index is 2.01. The first-order valence-corrected chi connectivity index (χ1v) is 13.3. The highest BCUT2D eigenvalue weighted by atomic mass is 32.2. The van der Waals surface area contributed by atoms with Crippen molar-refractivity contribution in [2.75, 3.05) is 13.2 Å². The lowest BCUT2D eigenvalue weighted by atomic mass is 9.65. The van der Waals surface area contributed by atoms with E-state index in [4.69, 9.17) is 0 Å². The van der Waals surface area contributed by atoms with Gasteiger partial charge in [-0.3, -0.25) is 14.4 Å². The largest absolute Gasteiger partial charge is 0.394 e. The fourth-order valence-corrected chi connectivity index (χ4v) is 9.17. The van der Waals surface area contributed by atoms with Gasteiger partial charge in [0.2, 0.25) is 17.7 Å². The maximum Gasteiger partial charge on any atom is 0.244 e. The van der Waals surface area contributed by atoms with Gasteiger partial charge in [-0.05, 0) is 51.4 Å². The molecule has 33 heavy (non-hydrogen) atoms. The van der Waals surface area contributed by atoms with Crippen molar-refractivity contribution in [3.8, 4) is 0 Å². The van der Waals surface area contributed by atoms with Crippen molar-refractivity contribution >= 4 is 29.5 Å². The maximum atomic E-state index is 13.9. The zero-order chi connectivity index (χ0) is 24.9. The highest BCUT2D eigenvalue weighted by Crippen LogP contribution is 2.68. The summed E-state index contributed by atoms with van der Waals surface area (Å²) in [7, 11) is 0. The number of nitrogens with one attached hydrogen (secondary N) is 2. The summed E-state index contributed by atoms with van der Waals surface area (Å²) in [5, 5.41) is 16.3. The van der Waals surface area contributed by atoms with Gasteiger partial charge < -0.3 is 20.6 Å². The fourth-order valence-electron chi connectivity index (χ4n) is 6.76. The van der Waals surface area contributed by atoms with Crippen LogP contribution >= 0.6 is 11.8 Å². The van der Waals surface area contributed by atoms with E-state index in [1.807, 2.05) is 20.8 Å². The van der Waals surface area contributed by atoms with Crippen molar-refractivity contribution < 1.29 is 19.5 Å². The Labute approximate surface area is 203 Å². The molecule has 0 aromatic rings. The second-order valence-electron chi connectivity index (χ2n) is 12.2. The molecule has 3 N–H and O–H groups in total. The van der Waals surface area contributed by atoms with Gasteiger partial charge in [-0.15, -0.1) is 11.8 Å². The van der Waals surface area contributed by atoms with Crippen LogP contribution in [-0.4, -0.2) is 68.5 Å². The summed E-state index contributed by atoms with van der Waals surface area (Å²) >= 11 is 1.67. The van der Waals surface area contributed by atoms with Gasteiger partial charge >= 0.3 is 0 Å². The summed E-state index contributed by atoms with van der Waals surface area (Å²) in [6, 6.07) is -1.20. The maximum absolute atomic E-state index is 13.9. The van der Waals surface area contributed by atoms with Crippen molar-refractivity contribution in [2.24, 2.45) is 23.2 Å². The molecule has 7 nitrogen and oxygen atoms in total. The van der Waals surface area contributed by atoms with Gasteiger partial charge in [0.05, 0.1) is 29.2 Å². The van der Waals surface area contributed by atoms with E-state index in [1.165, 1.54) is 0 Å². The van der Waals surface area contributed by atoms with E-state index in [-0.39, 0.29) is 40.9 Å². The zero-order valence-corrected chi connectivity index (χ0v) is 22.3. The number of hydrogen-bond donors (Lipinski definition) is 3. The predicted octanol–water partition coefficient (Wildman–Crippen LogP) is 2.56. The monoisotopic (exact) mass is 481 g/mol. The Hall–Kier alpha value is -1.28. The standard InChI is InChI=1S/C25H43N3O4S/c1-9-10-26-20(30)17-16-11-14(2)25(33-16)18(17)22(32)28(15(3)12-29)19(25)21(31)27-24(7,8)13-23(4,5)6/h14-19,29H,9-13H2,1-8H3,(H,26,30)(H,27,31)/t14?,15-,16-,17+,18+,19?,25?/m1/s1. The predicted molar refractivity (Wildman–Crippen MR) is 132 cm³/mol. The SMILES string of the molecule is CCCNC(=O)[C@@H]1[C@H]2C(=O)N([C@H](C)CO)C(C(=O)NC(C)(C)CC(C)(C)C)C23S[C@@H]1CC3C. The number of rotatable bonds is 8. The molecular formula is C25H43N3O4S. The number of amides is 3. The Morgan fingerprint density at radius 1 is 1.24 bits per heavy atom. The zero-order valence-electron chi connectivity index (χ0n) is 21.5. The Morgan fingerprint density at radius 2 is 1.88 bits per heavy atom. The molecule has 3 rings (SSSR count). The summed E-state index contributed by atoms with van der Waals surface area (Å²) in [5.41, 5.74) is -0.429. The molecule has 0 saturated carbocycles. The minimum absolute atomic E-state index is 0.0253. The van der Waals surface area contributed by atoms with E-state index in [9.17, 15) is 19.5 Å². The second-order valence-corrected chi connectivity index (χ2v) is 13.8. The van der Waals surface area contributed by atoms with Crippen LogP contribution in [0.5, 0.6) is 0 Å². The van der Waals surface area contributed by atoms with Gasteiger partial charge in [-0.25, -0.2) is 0 Å². The third kappa shape index (κ3) is 4.54. The topological polar surface area (TPSA) is 98.7 Å². The number of nitrogens with zero attached hydrogens (tertiary/aromatic N) is 1. The number of carbonyl (C=O) groups excluding carboxylic acids is 3. The molecular weight excluding hydrogens is 438 g/mol. The van der Waals surface area contributed by atoms with Crippen LogP contribution in [0.1, 0.15) is 74.7 Å². The molecule has 188 valence electrons. The lowest BCUT2D eigenvalue weighted by Crippen LogP contribution is -2.61. The van der Waals surface area contributed by atoms with Crippen LogP contribution in [0.15, 0.2) is 0 Å². The Bertz CT molecular complexity index is 795. The average molecular weight is 482 g/mol. The molecule has 0 aliphatic carbocycles.